The monoisotopic (exact) mass is 443 g/mol. The maximum atomic E-state index is 12.5. The van der Waals surface area contributed by atoms with Gasteiger partial charge in [0, 0.05) is 18.3 Å². The number of hydrogen-bond acceptors (Lipinski definition) is 8. The zero-order valence-corrected chi connectivity index (χ0v) is 18.3. The van der Waals surface area contributed by atoms with Crippen LogP contribution in [0.3, 0.4) is 0 Å². The number of amides is 2. The Kier molecular flexibility index (Phi) is 7.26. The molecule has 1 atom stereocenters. The standard InChI is InChI=1S/C20H21N5O3S2/c1-12(18(27)22-15-10-8-14(9-11-15)21-13(2)26)29-20-25-24-19(30-20)23-16-6-4-5-7-17(16)28-3/h4-12H,1-3H3,(H,21,26)(H,22,27)(H,23,24). The molecule has 0 aliphatic carbocycles. The zero-order chi connectivity index (χ0) is 21.5. The molecule has 2 aromatic carbocycles. The van der Waals surface area contributed by atoms with Gasteiger partial charge in [0.15, 0.2) is 4.34 Å². The molecule has 3 aromatic rings. The molecule has 8 nitrogen and oxygen atoms in total. The Labute approximate surface area is 182 Å². The molecule has 1 unspecified atom stereocenters. The van der Waals surface area contributed by atoms with Crippen molar-refractivity contribution in [1.82, 2.24) is 10.2 Å². The maximum Gasteiger partial charge on any atom is 0.237 e. The van der Waals surface area contributed by atoms with Crippen LogP contribution in [0.15, 0.2) is 52.9 Å². The second-order valence-electron chi connectivity index (χ2n) is 6.21. The number of carbonyl (C=O) groups is 2. The number of thioether (sulfide) groups is 1. The second-order valence-corrected chi connectivity index (χ2v) is 8.77. The van der Waals surface area contributed by atoms with Gasteiger partial charge in [-0.15, -0.1) is 10.2 Å². The summed E-state index contributed by atoms with van der Waals surface area (Å²) in [5.41, 5.74) is 2.12. The zero-order valence-electron chi connectivity index (χ0n) is 16.6. The van der Waals surface area contributed by atoms with E-state index < -0.39 is 0 Å². The molecular weight excluding hydrogens is 422 g/mol. The molecule has 0 aliphatic rings. The molecule has 0 saturated heterocycles. The predicted molar refractivity (Wildman–Crippen MR) is 121 cm³/mol. The Morgan fingerprint density at radius 1 is 1.03 bits per heavy atom. The molecule has 3 rings (SSSR count). The number of aromatic nitrogens is 2. The Bertz CT molecular complexity index is 1020. The van der Waals surface area contributed by atoms with E-state index >= 15 is 0 Å². The van der Waals surface area contributed by atoms with Crippen LogP contribution in [0.4, 0.5) is 22.2 Å². The normalized spacial score (nSPS) is 11.4. The number of methoxy groups -OCH3 is 1. The Morgan fingerprint density at radius 2 is 1.70 bits per heavy atom. The van der Waals surface area contributed by atoms with Crippen LogP contribution in [0.25, 0.3) is 0 Å². The third kappa shape index (κ3) is 5.94. The van der Waals surface area contributed by atoms with Crippen LogP contribution in [-0.2, 0) is 9.59 Å². The lowest BCUT2D eigenvalue weighted by molar-refractivity contribution is -0.115. The number of benzene rings is 2. The number of nitrogens with one attached hydrogen (secondary N) is 3. The van der Waals surface area contributed by atoms with Gasteiger partial charge in [-0.2, -0.15) is 0 Å². The van der Waals surface area contributed by atoms with E-state index in [0.717, 1.165) is 5.69 Å². The van der Waals surface area contributed by atoms with E-state index in [1.54, 1.807) is 38.3 Å². The van der Waals surface area contributed by atoms with Gasteiger partial charge in [0.25, 0.3) is 0 Å². The van der Waals surface area contributed by atoms with Crippen LogP contribution >= 0.6 is 23.1 Å². The minimum Gasteiger partial charge on any atom is -0.495 e. The lowest BCUT2D eigenvalue weighted by atomic mass is 10.2. The number of carbonyl (C=O) groups excluding carboxylic acids is 2. The van der Waals surface area contributed by atoms with Crippen molar-refractivity contribution < 1.29 is 14.3 Å². The number of nitrogens with zero attached hydrogens (tertiary/aromatic N) is 2. The van der Waals surface area contributed by atoms with Gasteiger partial charge < -0.3 is 20.7 Å². The largest absolute Gasteiger partial charge is 0.495 e. The summed E-state index contributed by atoms with van der Waals surface area (Å²) in [7, 11) is 1.61. The van der Waals surface area contributed by atoms with E-state index in [1.165, 1.54) is 30.0 Å². The van der Waals surface area contributed by atoms with E-state index in [9.17, 15) is 9.59 Å². The molecule has 0 aliphatic heterocycles. The number of anilines is 4. The Balaban J connectivity index is 1.56. The van der Waals surface area contributed by atoms with Crippen LogP contribution < -0.4 is 20.7 Å². The van der Waals surface area contributed by atoms with Gasteiger partial charge >= 0.3 is 0 Å². The molecule has 156 valence electrons. The highest BCUT2D eigenvalue weighted by Crippen LogP contribution is 2.33. The van der Waals surface area contributed by atoms with Crippen molar-refractivity contribution in [2.75, 3.05) is 23.1 Å². The molecule has 0 saturated carbocycles. The third-order valence-corrected chi connectivity index (χ3v) is 5.90. The van der Waals surface area contributed by atoms with Crippen molar-refractivity contribution in [3.8, 4) is 5.75 Å². The lowest BCUT2D eigenvalue weighted by Gasteiger charge is -2.11. The van der Waals surface area contributed by atoms with E-state index in [-0.39, 0.29) is 17.1 Å². The van der Waals surface area contributed by atoms with Crippen LogP contribution in [0.1, 0.15) is 13.8 Å². The van der Waals surface area contributed by atoms with E-state index in [2.05, 4.69) is 26.1 Å². The van der Waals surface area contributed by atoms with Gasteiger partial charge in [-0.3, -0.25) is 9.59 Å². The fraction of sp³-hybridized carbons (Fsp3) is 0.200. The summed E-state index contributed by atoms with van der Waals surface area (Å²) in [6.45, 7) is 3.25. The highest BCUT2D eigenvalue weighted by atomic mass is 32.2. The topological polar surface area (TPSA) is 105 Å². The van der Waals surface area contributed by atoms with E-state index in [4.69, 9.17) is 4.74 Å². The number of ether oxygens (including phenoxy) is 1. The molecule has 1 aromatic heterocycles. The van der Waals surface area contributed by atoms with Gasteiger partial charge in [0.1, 0.15) is 5.75 Å². The van der Waals surface area contributed by atoms with Gasteiger partial charge in [0.2, 0.25) is 16.9 Å². The molecule has 10 heteroatoms. The third-order valence-electron chi connectivity index (χ3n) is 3.87. The molecular formula is C20H21N5O3S2. The summed E-state index contributed by atoms with van der Waals surface area (Å²) in [5.74, 6) is 0.411. The van der Waals surface area contributed by atoms with E-state index in [0.29, 0.717) is 26.6 Å². The SMILES string of the molecule is COc1ccccc1Nc1nnc(SC(C)C(=O)Nc2ccc(NC(C)=O)cc2)s1. The lowest BCUT2D eigenvalue weighted by Crippen LogP contribution is -2.22. The van der Waals surface area contributed by atoms with Crippen LogP contribution in [-0.4, -0.2) is 34.4 Å². The van der Waals surface area contributed by atoms with Gasteiger partial charge in [0.05, 0.1) is 18.0 Å². The minimum absolute atomic E-state index is 0.145. The second kappa shape index (κ2) is 10.1. The fourth-order valence-electron chi connectivity index (χ4n) is 2.46. The first-order valence-electron chi connectivity index (χ1n) is 9.03. The van der Waals surface area contributed by atoms with Crippen LogP contribution in [0.2, 0.25) is 0 Å². The van der Waals surface area contributed by atoms with Gasteiger partial charge in [-0.25, -0.2) is 0 Å². The molecule has 0 fully saturated rings. The summed E-state index contributed by atoms with van der Waals surface area (Å²) in [6, 6.07) is 14.5. The van der Waals surface area contributed by atoms with Crippen molar-refractivity contribution >= 4 is 57.1 Å². The average molecular weight is 444 g/mol. The minimum atomic E-state index is -0.368. The number of rotatable bonds is 8. The van der Waals surface area contributed by atoms with Crippen LogP contribution in [0.5, 0.6) is 5.75 Å². The quantitative estimate of drug-likeness (QED) is 0.444. The number of hydrogen-bond donors (Lipinski definition) is 3. The first-order valence-corrected chi connectivity index (χ1v) is 10.7. The van der Waals surface area contributed by atoms with Crippen molar-refractivity contribution in [3.05, 3.63) is 48.5 Å². The van der Waals surface area contributed by atoms with E-state index in [1.807, 2.05) is 24.3 Å². The predicted octanol–water partition coefficient (Wildman–Crippen LogP) is 4.37. The van der Waals surface area contributed by atoms with Crippen LogP contribution in [0, 0.1) is 0 Å². The summed E-state index contributed by atoms with van der Waals surface area (Å²) >= 11 is 2.69. The summed E-state index contributed by atoms with van der Waals surface area (Å²) in [5, 5.41) is 17.2. The molecule has 30 heavy (non-hydrogen) atoms. The molecule has 0 spiro atoms. The fourth-order valence-corrected chi connectivity index (χ4v) is 4.37. The highest BCUT2D eigenvalue weighted by molar-refractivity contribution is 8.02. The molecule has 1 heterocycles. The number of para-hydroxylation sites is 2. The first kappa shape index (κ1) is 21.6. The summed E-state index contributed by atoms with van der Waals surface area (Å²) < 4.78 is 6.00. The van der Waals surface area contributed by atoms with Crippen molar-refractivity contribution in [1.29, 1.82) is 0 Å². The Morgan fingerprint density at radius 3 is 2.37 bits per heavy atom. The Hall–Kier alpha value is -3.11. The molecule has 0 bridgehead atoms. The average Bonchev–Trinajstić information content (AvgIpc) is 3.16. The maximum absolute atomic E-state index is 12.5. The molecule has 3 N–H and O–H groups in total. The van der Waals surface area contributed by atoms with Crippen molar-refractivity contribution in [2.45, 2.75) is 23.4 Å². The van der Waals surface area contributed by atoms with Gasteiger partial charge in [-0.05, 0) is 43.3 Å². The molecule has 2 amide bonds. The van der Waals surface area contributed by atoms with Crippen molar-refractivity contribution in [3.63, 3.8) is 0 Å². The smallest absolute Gasteiger partial charge is 0.237 e. The van der Waals surface area contributed by atoms with Crippen molar-refractivity contribution in [2.24, 2.45) is 0 Å². The molecule has 0 radical (unpaired) electrons. The summed E-state index contributed by atoms with van der Waals surface area (Å²) in [6.07, 6.45) is 0. The van der Waals surface area contributed by atoms with Gasteiger partial charge in [-0.1, -0.05) is 35.2 Å². The summed E-state index contributed by atoms with van der Waals surface area (Å²) in [4.78, 5) is 23.6. The first-order chi connectivity index (χ1) is 14.4. The highest BCUT2D eigenvalue weighted by Gasteiger charge is 2.18.